The molecule has 1 atom stereocenters. The maximum absolute atomic E-state index is 13.5. The minimum absolute atomic E-state index is 0.0405. The third-order valence-corrected chi connectivity index (χ3v) is 5.32. The number of aromatic nitrogens is 1. The molecule has 0 radical (unpaired) electrons. The van der Waals surface area contributed by atoms with Crippen molar-refractivity contribution < 1.29 is 9.18 Å². The lowest BCUT2D eigenvalue weighted by Gasteiger charge is -2.17. The van der Waals surface area contributed by atoms with Crippen LogP contribution in [0.2, 0.25) is 0 Å². The summed E-state index contributed by atoms with van der Waals surface area (Å²) in [5.74, 6) is -0.332. The summed E-state index contributed by atoms with van der Waals surface area (Å²) < 4.78 is 15.5. The van der Waals surface area contributed by atoms with Crippen molar-refractivity contribution in [1.29, 1.82) is 0 Å². The Hall–Kier alpha value is -2.62. The zero-order valence-electron chi connectivity index (χ0n) is 16.7. The van der Waals surface area contributed by atoms with Crippen molar-refractivity contribution >= 4 is 16.8 Å². The zero-order valence-corrected chi connectivity index (χ0v) is 16.7. The van der Waals surface area contributed by atoms with Crippen molar-refractivity contribution in [1.82, 2.24) is 9.88 Å². The van der Waals surface area contributed by atoms with Crippen molar-refractivity contribution in [3.63, 3.8) is 0 Å². The van der Waals surface area contributed by atoms with Crippen molar-refractivity contribution in [3.05, 3.63) is 71.7 Å². The molecule has 0 fully saturated rings. The third kappa shape index (κ3) is 4.80. The number of fused-ring (bicyclic) bond motifs is 1. The standard InChI is InChI=1S/C24H29FN2O/c1-3-4-5-8-15-26-24(28)16-21(18-11-13-19(25)14-12-18)22-17-27(2)23-10-7-6-9-20(22)23/h6-7,9-14,17,21H,3-5,8,15-16H2,1-2H3,(H,26,28). The third-order valence-electron chi connectivity index (χ3n) is 5.32. The number of amides is 1. The van der Waals surface area contributed by atoms with Gasteiger partial charge in [-0.15, -0.1) is 0 Å². The van der Waals surface area contributed by atoms with Crippen molar-refractivity contribution in [2.75, 3.05) is 6.54 Å². The quantitative estimate of drug-likeness (QED) is 0.486. The highest BCUT2D eigenvalue weighted by Gasteiger charge is 2.22. The Morgan fingerprint density at radius 1 is 1.07 bits per heavy atom. The molecule has 0 aliphatic heterocycles. The Morgan fingerprint density at radius 3 is 2.57 bits per heavy atom. The predicted octanol–water partition coefficient (Wildman–Crippen LogP) is 5.54. The first-order valence-corrected chi connectivity index (χ1v) is 10.2. The zero-order chi connectivity index (χ0) is 19.9. The molecule has 3 aromatic rings. The van der Waals surface area contributed by atoms with Crippen LogP contribution >= 0.6 is 0 Å². The normalized spacial score (nSPS) is 12.2. The molecule has 0 saturated heterocycles. The molecule has 0 aliphatic carbocycles. The van der Waals surface area contributed by atoms with Gasteiger partial charge < -0.3 is 9.88 Å². The lowest BCUT2D eigenvalue weighted by molar-refractivity contribution is -0.121. The second-order valence-corrected chi connectivity index (χ2v) is 7.43. The number of carbonyl (C=O) groups is 1. The molecule has 3 rings (SSSR count). The summed E-state index contributed by atoms with van der Waals surface area (Å²) in [6.45, 7) is 2.89. The van der Waals surface area contributed by atoms with Gasteiger partial charge in [-0.1, -0.05) is 56.5 Å². The first-order valence-electron chi connectivity index (χ1n) is 10.2. The summed E-state index contributed by atoms with van der Waals surface area (Å²) in [6.07, 6.45) is 6.98. The van der Waals surface area contributed by atoms with Gasteiger partial charge in [0.2, 0.25) is 5.91 Å². The van der Waals surface area contributed by atoms with E-state index in [1.165, 1.54) is 25.0 Å². The number of nitrogens with one attached hydrogen (secondary N) is 1. The molecular weight excluding hydrogens is 351 g/mol. The van der Waals surface area contributed by atoms with Crippen LogP contribution in [0.15, 0.2) is 54.7 Å². The molecule has 3 nitrogen and oxygen atoms in total. The summed E-state index contributed by atoms with van der Waals surface area (Å²) in [5, 5.41) is 4.19. The maximum atomic E-state index is 13.5. The first-order chi connectivity index (χ1) is 13.6. The highest BCUT2D eigenvalue weighted by molar-refractivity contribution is 5.86. The smallest absolute Gasteiger partial charge is 0.220 e. The summed E-state index contributed by atoms with van der Waals surface area (Å²) >= 11 is 0. The van der Waals surface area contributed by atoms with Crippen LogP contribution in [0.4, 0.5) is 4.39 Å². The van der Waals surface area contributed by atoms with E-state index >= 15 is 0 Å². The van der Waals surface area contributed by atoms with Crippen molar-refractivity contribution in [2.24, 2.45) is 7.05 Å². The number of hydrogen-bond acceptors (Lipinski definition) is 1. The van der Waals surface area contributed by atoms with Crippen LogP contribution in [-0.2, 0) is 11.8 Å². The number of para-hydroxylation sites is 1. The van der Waals surface area contributed by atoms with Gasteiger partial charge in [-0.2, -0.15) is 0 Å². The minimum Gasteiger partial charge on any atom is -0.356 e. The molecule has 2 aromatic carbocycles. The molecule has 1 unspecified atom stereocenters. The fourth-order valence-corrected chi connectivity index (χ4v) is 3.79. The van der Waals surface area contributed by atoms with Crippen LogP contribution in [-0.4, -0.2) is 17.0 Å². The molecule has 148 valence electrons. The van der Waals surface area contributed by atoms with Crippen molar-refractivity contribution in [3.8, 4) is 0 Å². The highest BCUT2D eigenvalue weighted by atomic mass is 19.1. The number of benzene rings is 2. The van der Waals surface area contributed by atoms with E-state index in [1.54, 1.807) is 12.1 Å². The van der Waals surface area contributed by atoms with Crippen molar-refractivity contribution in [2.45, 2.75) is 44.9 Å². The molecule has 0 bridgehead atoms. The van der Waals surface area contributed by atoms with E-state index in [4.69, 9.17) is 0 Å². The molecular formula is C24H29FN2O. The van der Waals surface area contributed by atoms with Crippen LogP contribution in [0, 0.1) is 5.82 Å². The largest absolute Gasteiger partial charge is 0.356 e. The molecule has 1 amide bonds. The van der Waals surface area contributed by atoms with Crippen LogP contribution in [0.1, 0.15) is 56.1 Å². The van der Waals surface area contributed by atoms with Crippen LogP contribution < -0.4 is 5.32 Å². The van der Waals surface area contributed by atoms with Gasteiger partial charge in [-0.05, 0) is 35.7 Å². The van der Waals surface area contributed by atoms with E-state index in [1.807, 2.05) is 19.2 Å². The van der Waals surface area contributed by atoms with Gasteiger partial charge in [0.15, 0.2) is 0 Å². The molecule has 0 aliphatic rings. The molecule has 1 heterocycles. The fraction of sp³-hybridized carbons (Fsp3) is 0.375. The highest BCUT2D eigenvalue weighted by Crippen LogP contribution is 2.34. The molecule has 4 heteroatoms. The lowest BCUT2D eigenvalue weighted by atomic mass is 9.88. The molecule has 1 aromatic heterocycles. The number of rotatable bonds is 9. The Morgan fingerprint density at radius 2 is 1.82 bits per heavy atom. The SMILES string of the molecule is CCCCCCNC(=O)CC(c1ccc(F)cc1)c1cn(C)c2ccccc12. The average Bonchev–Trinajstić information content (AvgIpc) is 3.03. The van der Waals surface area contributed by atoms with E-state index in [0.29, 0.717) is 13.0 Å². The second kappa shape index (κ2) is 9.54. The summed E-state index contributed by atoms with van der Waals surface area (Å²) in [6, 6.07) is 14.7. The lowest BCUT2D eigenvalue weighted by Crippen LogP contribution is -2.26. The van der Waals surface area contributed by atoms with Gasteiger partial charge in [-0.25, -0.2) is 4.39 Å². The molecule has 28 heavy (non-hydrogen) atoms. The fourth-order valence-electron chi connectivity index (χ4n) is 3.79. The Labute approximate surface area is 166 Å². The first kappa shape index (κ1) is 20.1. The number of nitrogens with zero attached hydrogens (tertiary/aromatic N) is 1. The summed E-state index contributed by atoms with van der Waals surface area (Å²) in [5.41, 5.74) is 3.19. The second-order valence-electron chi connectivity index (χ2n) is 7.43. The number of hydrogen-bond donors (Lipinski definition) is 1. The number of halogens is 1. The van der Waals surface area contributed by atoms with Gasteiger partial charge in [0.25, 0.3) is 0 Å². The number of carbonyl (C=O) groups excluding carboxylic acids is 1. The maximum Gasteiger partial charge on any atom is 0.220 e. The van der Waals surface area contributed by atoms with E-state index in [0.717, 1.165) is 34.9 Å². The van der Waals surface area contributed by atoms with E-state index < -0.39 is 0 Å². The van der Waals surface area contributed by atoms with Crippen LogP contribution in [0.5, 0.6) is 0 Å². The molecule has 1 N–H and O–H groups in total. The van der Waals surface area contributed by atoms with Gasteiger partial charge in [0.1, 0.15) is 5.82 Å². The Kier molecular flexibility index (Phi) is 6.85. The van der Waals surface area contributed by atoms with Crippen LogP contribution in [0.25, 0.3) is 10.9 Å². The predicted molar refractivity (Wildman–Crippen MR) is 113 cm³/mol. The topological polar surface area (TPSA) is 34.0 Å². The average molecular weight is 381 g/mol. The Balaban J connectivity index is 1.84. The summed E-state index contributed by atoms with van der Waals surface area (Å²) in [4.78, 5) is 12.7. The van der Waals surface area contributed by atoms with Gasteiger partial charge in [-0.3, -0.25) is 4.79 Å². The van der Waals surface area contributed by atoms with E-state index in [2.05, 4.69) is 35.1 Å². The van der Waals surface area contributed by atoms with E-state index in [-0.39, 0.29) is 17.6 Å². The number of unbranched alkanes of at least 4 members (excludes halogenated alkanes) is 3. The van der Waals surface area contributed by atoms with Gasteiger partial charge >= 0.3 is 0 Å². The molecule has 0 spiro atoms. The van der Waals surface area contributed by atoms with E-state index in [9.17, 15) is 9.18 Å². The van der Waals surface area contributed by atoms with Gasteiger partial charge in [0, 0.05) is 43.0 Å². The minimum atomic E-state index is -0.263. The number of aryl methyl sites for hydroxylation is 1. The van der Waals surface area contributed by atoms with Crippen LogP contribution in [0.3, 0.4) is 0 Å². The van der Waals surface area contributed by atoms with Gasteiger partial charge in [0.05, 0.1) is 0 Å². The Bertz CT molecular complexity index is 914. The monoisotopic (exact) mass is 380 g/mol. The molecule has 0 saturated carbocycles. The summed E-state index contributed by atoms with van der Waals surface area (Å²) in [7, 11) is 2.02.